The molecular formula is C21H13N5O3S2. The van der Waals surface area contributed by atoms with Gasteiger partial charge in [-0.1, -0.05) is 24.3 Å². The van der Waals surface area contributed by atoms with Gasteiger partial charge >= 0.3 is 0 Å². The van der Waals surface area contributed by atoms with E-state index >= 15 is 0 Å². The van der Waals surface area contributed by atoms with Crippen LogP contribution >= 0.6 is 11.3 Å². The summed E-state index contributed by atoms with van der Waals surface area (Å²) in [6.45, 7) is 0. The van der Waals surface area contributed by atoms with Gasteiger partial charge in [-0.2, -0.15) is 5.10 Å². The molecule has 0 fully saturated rings. The second kappa shape index (κ2) is 6.62. The topological polar surface area (TPSA) is 114 Å². The Morgan fingerprint density at radius 1 is 0.968 bits per heavy atom. The van der Waals surface area contributed by atoms with Crippen LogP contribution in [0.25, 0.3) is 42.5 Å². The molecule has 10 heteroatoms. The molecule has 0 amide bonds. The van der Waals surface area contributed by atoms with Gasteiger partial charge < -0.3 is 0 Å². The Labute approximate surface area is 179 Å². The molecule has 0 bridgehead atoms. The molecular weight excluding hydrogens is 434 g/mol. The summed E-state index contributed by atoms with van der Waals surface area (Å²) < 4.78 is 34.8. The highest BCUT2D eigenvalue weighted by Crippen LogP contribution is 2.38. The number of aromatic nitrogens is 4. The number of sulfonamides is 1. The Kier molecular flexibility index (Phi) is 3.86. The van der Waals surface area contributed by atoms with Crippen LogP contribution in [0, 0.1) is 0 Å². The maximum atomic E-state index is 13.1. The first kappa shape index (κ1) is 18.0. The van der Waals surface area contributed by atoms with Crippen molar-refractivity contribution in [3.8, 4) is 10.4 Å². The smallest absolute Gasteiger partial charge is 0.264 e. The van der Waals surface area contributed by atoms with Crippen LogP contribution in [0.15, 0.2) is 76.4 Å². The lowest BCUT2D eigenvalue weighted by Crippen LogP contribution is -2.13. The van der Waals surface area contributed by atoms with Gasteiger partial charge in [-0.3, -0.25) is 9.82 Å². The summed E-state index contributed by atoms with van der Waals surface area (Å²) in [5.74, 6) is 0. The second-order valence-corrected chi connectivity index (χ2v) is 9.73. The van der Waals surface area contributed by atoms with Gasteiger partial charge in [0.05, 0.1) is 17.4 Å². The van der Waals surface area contributed by atoms with E-state index in [9.17, 15) is 8.42 Å². The van der Waals surface area contributed by atoms with Gasteiger partial charge in [0.25, 0.3) is 10.0 Å². The molecule has 2 N–H and O–H groups in total. The van der Waals surface area contributed by atoms with E-state index in [0.29, 0.717) is 11.2 Å². The number of thiophene rings is 1. The minimum absolute atomic E-state index is 0.00181. The van der Waals surface area contributed by atoms with Gasteiger partial charge in [-0.25, -0.2) is 13.0 Å². The number of nitrogens with one attached hydrogen (secondary N) is 2. The predicted molar refractivity (Wildman–Crippen MR) is 120 cm³/mol. The fourth-order valence-corrected chi connectivity index (χ4v) is 5.91. The van der Waals surface area contributed by atoms with Crippen LogP contribution in [0.1, 0.15) is 0 Å². The van der Waals surface area contributed by atoms with Crippen LogP contribution in [-0.2, 0) is 10.0 Å². The number of fused-ring (bicyclic) bond motifs is 3. The number of benzene rings is 3. The van der Waals surface area contributed by atoms with Crippen LogP contribution in [0.3, 0.4) is 0 Å². The van der Waals surface area contributed by atoms with Gasteiger partial charge in [0.2, 0.25) is 0 Å². The van der Waals surface area contributed by atoms with Crippen molar-refractivity contribution in [1.29, 1.82) is 0 Å². The third-order valence-corrected chi connectivity index (χ3v) is 7.59. The van der Waals surface area contributed by atoms with E-state index in [1.165, 1.54) is 6.07 Å². The second-order valence-electron chi connectivity index (χ2n) is 7.00. The molecule has 0 unspecified atom stereocenters. The zero-order valence-electron chi connectivity index (χ0n) is 15.7. The van der Waals surface area contributed by atoms with E-state index in [2.05, 4.69) is 43.4 Å². The van der Waals surface area contributed by atoms with Crippen molar-refractivity contribution in [2.24, 2.45) is 0 Å². The van der Waals surface area contributed by atoms with Gasteiger partial charge in [0, 0.05) is 20.5 Å². The zero-order valence-corrected chi connectivity index (χ0v) is 17.4. The van der Waals surface area contributed by atoms with Crippen LogP contribution < -0.4 is 4.72 Å². The molecule has 152 valence electrons. The molecule has 0 saturated heterocycles. The van der Waals surface area contributed by atoms with Crippen LogP contribution in [-0.4, -0.2) is 28.9 Å². The third-order valence-electron chi connectivity index (χ3n) is 5.03. The average molecular weight is 448 g/mol. The van der Waals surface area contributed by atoms with Gasteiger partial charge in [0.1, 0.15) is 10.4 Å². The van der Waals surface area contributed by atoms with Crippen molar-refractivity contribution in [3.63, 3.8) is 0 Å². The first-order chi connectivity index (χ1) is 15.1. The fourth-order valence-electron chi connectivity index (χ4n) is 3.63. The number of rotatable bonds is 4. The highest BCUT2D eigenvalue weighted by molar-refractivity contribution is 7.93. The Hall–Kier alpha value is -3.76. The van der Waals surface area contributed by atoms with Crippen molar-refractivity contribution >= 4 is 59.1 Å². The van der Waals surface area contributed by atoms with Crippen molar-refractivity contribution in [2.45, 2.75) is 4.90 Å². The summed E-state index contributed by atoms with van der Waals surface area (Å²) in [4.78, 5) is 1.02. The molecule has 0 spiro atoms. The highest BCUT2D eigenvalue weighted by atomic mass is 32.2. The summed E-state index contributed by atoms with van der Waals surface area (Å²) in [5, 5.41) is 16.6. The summed E-state index contributed by atoms with van der Waals surface area (Å²) in [7, 11) is -3.92. The normalized spacial score (nSPS) is 12.1. The summed E-state index contributed by atoms with van der Waals surface area (Å²) in [6, 6.07) is 18.5. The molecule has 0 saturated carbocycles. The van der Waals surface area contributed by atoms with Crippen molar-refractivity contribution in [1.82, 2.24) is 20.5 Å². The Balaban J connectivity index is 1.49. The molecule has 0 atom stereocenters. The molecule has 0 aliphatic carbocycles. The van der Waals surface area contributed by atoms with Gasteiger partial charge in [-0.05, 0) is 52.1 Å². The summed E-state index contributed by atoms with van der Waals surface area (Å²) >= 11 is 1.64. The lowest BCUT2D eigenvalue weighted by atomic mass is 10.1. The van der Waals surface area contributed by atoms with E-state index in [0.717, 1.165) is 31.4 Å². The molecule has 3 aromatic carbocycles. The van der Waals surface area contributed by atoms with E-state index in [-0.39, 0.29) is 10.4 Å². The lowest BCUT2D eigenvalue weighted by molar-refractivity contribution is 0.315. The number of anilines is 1. The summed E-state index contributed by atoms with van der Waals surface area (Å²) in [5.41, 5.74) is 2.70. The Morgan fingerprint density at radius 2 is 1.87 bits per heavy atom. The van der Waals surface area contributed by atoms with Crippen LogP contribution in [0.4, 0.5) is 5.69 Å². The molecule has 0 aliphatic heterocycles. The predicted octanol–water partition coefficient (Wildman–Crippen LogP) is 4.78. The number of hydrogen-bond donors (Lipinski definition) is 2. The van der Waals surface area contributed by atoms with Crippen LogP contribution in [0.5, 0.6) is 0 Å². The monoisotopic (exact) mass is 447 g/mol. The average Bonchev–Trinajstić information content (AvgIpc) is 3.50. The van der Waals surface area contributed by atoms with E-state index in [1.807, 2.05) is 18.2 Å². The first-order valence-corrected chi connectivity index (χ1v) is 11.6. The molecule has 6 aromatic rings. The molecule has 0 radical (unpaired) electrons. The van der Waals surface area contributed by atoms with Crippen molar-refractivity contribution in [3.05, 3.63) is 66.9 Å². The minimum atomic E-state index is -3.92. The zero-order chi connectivity index (χ0) is 21.0. The molecule has 3 aromatic heterocycles. The summed E-state index contributed by atoms with van der Waals surface area (Å²) in [6.07, 6.45) is 1.67. The third kappa shape index (κ3) is 2.95. The molecule has 3 heterocycles. The van der Waals surface area contributed by atoms with E-state index < -0.39 is 10.0 Å². The standard InChI is InChI=1S/C21H13N5O3S2/c27-31(28,19-7-3-5-16-21(19)25-29-24-16)26-14-8-13-11-22-23-20(13)15(10-14)18-9-12-4-1-2-6-17(12)30-18/h1-11,26H,(H,22,23). The van der Waals surface area contributed by atoms with Crippen molar-refractivity contribution < 1.29 is 13.0 Å². The minimum Gasteiger partial charge on any atom is -0.280 e. The number of hydrogen-bond acceptors (Lipinski definition) is 7. The Morgan fingerprint density at radius 3 is 2.77 bits per heavy atom. The molecule has 8 nitrogen and oxygen atoms in total. The SMILES string of the molecule is O=S(=O)(Nc1cc(-c2cc3ccccc3s2)c2[nH]ncc2c1)c1cccc2nonc12. The molecule has 0 aliphatic rings. The van der Waals surface area contributed by atoms with E-state index in [4.69, 9.17) is 4.63 Å². The lowest BCUT2D eigenvalue weighted by Gasteiger charge is -2.10. The van der Waals surface area contributed by atoms with Gasteiger partial charge in [-0.15, -0.1) is 11.3 Å². The highest BCUT2D eigenvalue weighted by Gasteiger charge is 2.21. The van der Waals surface area contributed by atoms with Crippen molar-refractivity contribution in [2.75, 3.05) is 4.72 Å². The quantitative estimate of drug-likeness (QED) is 0.402. The maximum absolute atomic E-state index is 13.1. The maximum Gasteiger partial charge on any atom is 0.264 e. The van der Waals surface area contributed by atoms with E-state index in [1.54, 1.807) is 35.7 Å². The largest absolute Gasteiger partial charge is 0.280 e. The molecule has 31 heavy (non-hydrogen) atoms. The van der Waals surface area contributed by atoms with Gasteiger partial charge in [0.15, 0.2) is 5.52 Å². The first-order valence-electron chi connectivity index (χ1n) is 9.29. The number of aromatic amines is 1. The Bertz CT molecular complexity index is 1670. The van der Waals surface area contributed by atoms with Crippen LogP contribution in [0.2, 0.25) is 0 Å². The number of nitrogens with zero attached hydrogens (tertiary/aromatic N) is 3. The number of H-pyrrole nitrogens is 1. The fraction of sp³-hybridized carbons (Fsp3) is 0. The molecule has 6 rings (SSSR count).